The summed E-state index contributed by atoms with van der Waals surface area (Å²) in [5.41, 5.74) is 4.48. The van der Waals surface area contributed by atoms with E-state index in [1.807, 2.05) is 18.2 Å². The number of benzene rings is 2. The monoisotopic (exact) mass is 271 g/mol. The minimum absolute atomic E-state index is 0.276. The van der Waals surface area contributed by atoms with Crippen molar-refractivity contribution in [2.75, 3.05) is 18.5 Å². The molecule has 0 saturated carbocycles. The van der Waals surface area contributed by atoms with Crippen molar-refractivity contribution in [3.05, 3.63) is 64.5 Å². The van der Waals surface area contributed by atoms with Crippen molar-refractivity contribution in [2.24, 2.45) is 0 Å². The van der Waals surface area contributed by atoms with E-state index in [4.69, 9.17) is 0 Å². The van der Waals surface area contributed by atoms with Crippen molar-refractivity contribution >= 4 is 5.69 Å². The first-order chi connectivity index (χ1) is 9.56. The molecular formula is C17H18FNO. The minimum atomic E-state index is -0.777. The van der Waals surface area contributed by atoms with Crippen molar-refractivity contribution in [1.82, 2.24) is 0 Å². The quantitative estimate of drug-likeness (QED) is 0.906. The highest BCUT2D eigenvalue weighted by atomic mass is 19.1. The van der Waals surface area contributed by atoms with Crippen LogP contribution in [-0.4, -0.2) is 18.7 Å². The molecule has 1 aliphatic rings. The lowest BCUT2D eigenvalue weighted by Crippen LogP contribution is -2.12. The van der Waals surface area contributed by atoms with Crippen LogP contribution in [0.2, 0.25) is 0 Å². The molecule has 3 rings (SSSR count). The molecule has 1 aliphatic heterocycles. The summed E-state index contributed by atoms with van der Waals surface area (Å²) in [6, 6.07) is 10.9. The number of hydrogen-bond acceptors (Lipinski definition) is 2. The van der Waals surface area contributed by atoms with Gasteiger partial charge in [-0.3, -0.25) is 0 Å². The van der Waals surface area contributed by atoms with E-state index in [9.17, 15) is 9.50 Å². The van der Waals surface area contributed by atoms with Gasteiger partial charge in [-0.05, 0) is 47.7 Å². The van der Waals surface area contributed by atoms with Crippen LogP contribution in [-0.2, 0) is 6.42 Å². The number of aliphatic hydroxyl groups is 1. The lowest BCUT2D eigenvalue weighted by Gasteiger charge is -2.15. The van der Waals surface area contributed by atoms with Gasteiger partial charge >= 0.3 is 0 Å². The lowest BCUT2D eigenvalue weighted by atomic mass is 9.98. The predicted molar refractivity (Wildman–Crippen MR) is 78.6 cm³/mol. The first kappa shape index (κ1) is 13.1. The second-order valence-corrected chi connectivity index (χ2v) is 5.47. The summed E-state index contributed by atoms with van der Waals surface area (Å²) in [5.74, 6) is -0.276. The topological polar surface area (TPSA) is 23.5 Å². The molecule has 0 fully saturated rings. The average molecular weight is 271 g/mol. The van der Waals surface area contributed by atoms with E-state index < -0.39 is 6.10 Å². The maximum absolute atomic E-state index is 13.6. The Hall–Kier alpha value is -1.87. The highest BCUT2D eigenvalue weighted by Gasteiger charge is 2.19. The third kappa shape index (κ3) is 2.18. The van der Waals surface area contributed by atoms with Gasteiger partial charge in [-0.1, -0.05) is 24.3 Å². The molecule has 2 aromatic carbocycles. The van der Waals surface area contributed by atoms with Crippen LogP contribution in [0.1, 0.15) is 28.4 Å². The number of likely N-dealkylation sites (N-methyl/N-ethyl adjacent to an activating group) is 1. The third-order valence-corrected chi connectivity index (χ3v) is 4.06. The molecule has 1 unspecified atom stereocenters. The molecule has 1 atom stereocenters. The maximum Gasteiger partial charge on any atom is 0.126 e. The van der Waals surface area contributed by atoms with E-state index in [2.05, 4.69) is 11.9 Å². The van der Waals surface area contributed by atoms with E-state index >= 15 is 0 Å². The molecular weight excluding hydrogens is 253 g/mol. The van der Waals surface area contributed by atoms with E-state index in [-0.39, 0.29) is 5.82 Å². The molecule has 104 valence electrons. The summed E-state index contributed by atoms with van der Waals surface area (Å²) in [6.45, 7) is 2.73. The molecule has 1 heterocycles. The summed E-state index contributed by atoms with van der Waals surface area (Å²) in [7, 11) is 2.07. The largest absolute Gasteiger partial charge is 0.384 e. The molecule has 0 aromatic heterocycles. The van der Waals surface area contributed by atoms with Crippen molar-refractivity contribution in [3.63, 3.8) is 0 Å². The Morgan fingerprint density at radius 2 is 1.85 bits per heavy atom. The van der Waals surface area contributed by atoms with Gasteiger partial charge in [0.15, 0.2) is 0 Å². The van der Waals surface area contributed by atoms with Crippen LogP contribution >= 0.6 is 0 Å². The number of aliphatic hydroxyl groups excluding tert-OH is 1. The molecule has 0 spiro atoms. The van der Waals surface area contributed by atoms with Gasteiger partial charge in [-0.25, -0.2) is 4.39 Å². The highest BCUT2D eigenvalue weighted by Crippen LogP contribution is 2.31. The van der Waals surface area contributed by atoms with E-state index in [1.54, 1.807) is 19.1 Å². The Balaban J connectivity index is 1.94. The molecule has 2 aromatic rings. The van der Waals surface area contributed by atoms with Gasteiger partial charge in [0.1, 0.15) is 11.9 Å². The molecule has 0 radical (unpaired) electrons. The van der Waals surface area contributed by atoms with Crippen LogP contribution in [0, 0.1) is 12.7 Å². The third-order valence-electron chi connectivity index (χ3n) is 4.06. The van der Waals surface area contributed by atoms with Gasteiger partial charge in [0.25, 0.3) is 0 Å². The van der Waals surface area contributed by atoms with Crippen molar-refractivity contribution < 1.29 is 9.50 Å². The van der Waals surface area contributed by atoms with E-state index in [0.717, 1.165) is 18.5 Å². The zero-order chi connectivity index (χ0) is 14.3. The van der Waals surface area contributed by atoms with E-state index in [0.29, 0.717) is 11.1 Å². The summed E-state index contributed by atoms with van der Waals surface area (Å²) >= 11 is 0. The average Bonchev–Trinajstić information content (AvgIpc) is 2.82. The van der Waals surface area contributed by atoms with Gasteiger partial charge in [0.2, 0.25) is 0 Å². The van der Waals surface area contributed by atoms with Gasteiger partial charge in [-0.2, -0.15) is 0 Å². The molecule has 20 heavy (non-hydrogen) atoms. The van der Waals surface area contributed by atoms with Crippen LogP contribution < -0.4 is 4.90 Å². The van der Waals surface area contributed by atoms with Crippen LogP contribution in [0.3, 0.4) is 0 Å². The van der Waals surface area contributed by atoms with E-state index in [1.165, 1.54) is 17.3 Å². The number of aryl methyl sites for hydroxylation is 1. The Morgan fingerprint density at radius 1 is 1.15 bits per heavy atom. The Labute approximate surface area is 118 Å². The Morgan fingerprint density at radius 3 is 2.60 bits per heavy atom. The second-order valence-electron chi connectivity index (χ2n) is 5.47. The first-order valence-electron chi connectivity index (χ1n) is 6.84. The fourth-order valence-corrected chi connectivity index (χ4v) is 2.73. The smallest absolute Gasteiger partial charge is 0.126 e. The number of halogens is 1. The Bertz CT molecular complexity index is 653. The fraction of sp³-hybridized carbons (Fsp3) is 0.294. The molecule has 0 amide bonds. The van der Waals surface area contributed by atoms with Crippen LogP contribution in [0.25, 0.3) is 0 Å². The van der Waals surface area contributed by atoms with Gasteiger partial charge in [0, 0.05) is 19.3 Å². The summed E-state index contributed by atoms with van der Waals surface area (Å²) in [6.07, 6.45) is 0.218. The SMILES string of the molecule is Cc1ccc(C(O)c2ccc3c(c2)CCN3C)cc1F. The number of fused-ring (bicyclic) bond motifs is 1. The molecule has 0 bridgehead atoms. The molecule has 0 saturated heterocycles. The minimum Gasteiger partial charge on any atom is -0.384 e. The van der Waals surface area contributed by atoms with Crippen molar-refractivity contribution in [3.8, 4) is 0 Å². The lowest BCUT2D eigenvalue weighted by molar-refractivity contribution is 0.219. The Kier molecular flexibility index (Phi) is 3.22. The number of hydrogen-bond donors (Lipinski definition) is 1. The highest BCUT2D eigenvalue weighted by molar-refractivity contribution is 5.59. The zero-order valence-electron chi connectivity index (χ0n) is 11.7. The molecule has 1 N–H and O–H groups in total. The molecule has 3 heteroatoms. The zero-order valence-corrected chi connectivity index (χ0v) is 11.7. The molecule has 0 aliphatic carbocycles. The van der Waals surface area contributed by atoms with Crippen molar-refractivity contribution in [2.45, 2.75) is 19.4 Å². The number of rotatable bonds is 2. The normalized spacial score (nSPS) is 15.3. The standard InChI is InChI=1S/C17H18FNO/c1-11-3-4-14(10-15(11)18)17(20)13-5-6-16-12(9-13)7-8-19(16)2/h3-6,9-10,17,20H,7-8H2,1-2H3. The fourth-order valence-electron chi connectivity index (χ4n) is 2.73. The van der Waals surface area contributed by atoms with Gasteiger partial charge in [0.05, 0.1) is 0 Å². The number of nitrogens with zero attached hydrogens (tertiary/aromatic N) is 1. The summed E-state index contributed by atoms with van der Waals surface area (Å²) in [5, 5.41) is 10.4. The van der Waals surface area contributed by atoms with Crippen molar-refractivity contribution in [1.29, 1.82) is 0 Å². The van der Waals surface area contributed by atoms with Crippen LogP contribution in [0.4, 0.5) is 10.1 Å². The molecule has 2 nitrogen and oxygen atoms in total. The summed E-state index contributed by atoms with van der Waals surface area (Å²) < 4.78 is 13.6. The first-order valence-corrected chi connectivity index (χ1v) is 6.84. The van der Waals surface area contributed by atoms with Gasteiger partial charge < -0.3 is 10.0 Å². The maximum atomic E-state index is 13.6. The van der Waals surface area contributed by atoms with Crippen LogP contribution in [0.5, 0.6) is 0 Å². The number of anilines is 1. The summed E-state index contributed by atoms with van der Waals surface area (Å²) in [4.78, 5) is 2.21. The predicted octanol–water partition coefficient (Wildman–Crippen LogP) is 3.21. The van der Waals surface area contributed by atoms with Crippen LogP contribution in [0.15, 0.2) is 36.4 Å². The second kappa shape index (κ2) is 4.91. The van der Waals surface area contributed by atoms with Gasteiger partial charge in [-0.15, -0.1) is 0 Å².